The average molecular weight is 456 g/mol. The molecule has 3 N–H and O–H groups in total. The molecular weight excluding hydrogens is 431 g/mol. The summed E-state index contributed by atoms with van der Waals surface area (Å²) in [5, 5.41) is 15.4. The fraction of sp³-hybridized carbons (Fsp3) is 0.286. The molecule has 0 aliphatic carbocycles. The molecule has 1 atom stereocenters. The lowest BCUT2D eigenvalue weighted by molar-refractivity contribution is 0.145. The molecule has 3 heterocycles. The molecule has 0 saturated heterocycles. The molecule has 168 valence electrons. The fourth-order valence-electron chi connectivity index (χ4n) is 3.35. The summed E-state index contributed by atoms with van der Waals surface area (Å²) in [5.41, 5.74) is 7.90. The SMILES string of the molecule is C=C(C)/C=C\C1=C(c2ccc(C(C)OP(=O)(O)O)c(-n3nc(C#N)cc3C)n2)CNN1C. The van der Waals surface area contributed by atoms with E-state index >= 15 is 0 Å². The number of nitriles is 1. The lowest BCUT2D eigenvalue weighted by atomic mass is 10.1. The molecule has 0 radical (unpaired) electrons. The second-order valence-corrected chi connectivity index (χ2v) is 8.67. The summed E-state index contributed by atoms with van der Waals surface area (Å²) >= 11 is 0. The number of hydrogen-bond donors (Lipinski definition) is 3. The van der Waals surface area contributed by atoms with E-state index in [2.05, 4.69) is 17.1 Å². The van der Waals surface area contributed by atoms with Crippen LogP contribution >= 0.6 is 7.82 Å². The molecule has 1 aliphatic heterocycles. The van der Waals surface area contributed by atoms with Crippen molar-refractivity contribution in [3.05, 3.63) is 70.8 Å². The van der Waals surface area contributed by atoms with Crippen molar-refractivity contribution in [2.24, 2.45) is 0 Å². The van der Waals surface area contributed by atoms with E-state index in [0.717, 1.165) is 16.8 Å². The molecule has 0 aromatic carbocycles. The van der Waals surface area contributed by atoms with Crippen molar-refractivity contribution in [3.8, 4) is 11.9 Å². The van der Waals surface area contributed by atoms with E-state index in [9.17, 15) is 19.6 Å². The number of nitrogens with one attached hydrogen (secondary N) is 1. The molecule has 0 bridgehead atoms. The van der Waals surface area contributed by atoms with E-state index in [1.807, 2.05) is 37.2 Å². The number of likely N-dealkylation sites (N-methyl/N-ethyl adjacent to an activating group) is 1. The lowest BCUT2D eigenvalue weighted by Gasteiger charge is -2.19. The molecule has 0 saturated carbocycles. The first-order chi connectivity index (χ1) is 15.0. The monoisotopic (exact) mass is 456 g/mol. The Bertz CT molecular complexity index is 1200. The first-order valence-corrected chi connectivity index (χ1v) is 11.3. The van der Waals surface area contributed by atoms with Gasteiger partial charge in [-0.15, -0.1) is 0 Å². The minimum absolute atomic E-state index is 0.204. The van der Waals surface area contributed by atoms with E-state index in [1.165, 1.54) is 11.6 Å². The van der Waals surface area contributed by atoms with Crippen LogP contribution in [0.3, 0.4) is 0 Å². The van der Waals surface area contributed by atoms with Gasteiger partial charge in [-0.2, -0.15) is 10.4 Å². The zero-order valence-corrected chi connectivity index (χ0v) is 19.2. The van der Waals surface area contributed by atoms with Crippen LogP contribution in [0.5, 0.6) is 0 Å². The molecule has 3 rings (SSSR count). The molecule has 11 heteroatoms. The van der Waals surface area contributed by atoms with Crippen molar-refractivity contribution >= 4 is 13.4 Å². The molecule has 0 fully saturated rings. The van der Waals surface area contributed by atoms with Crippen LogP contribution in [0.25, 0.3) is 11.4 Å². The Kier molecular flexibility index (Phi) is 6.79. The van der Waals surface area contributed by atoms with Gasteiger partial charge < -0.3 is 14.8 Å². The van der Waals surface area contributed by atoms with Crippen molar-refractivity contribution < 1.29 is 18.9 Å². The highest BCUT2D eigenvalue weighted by Gasteiger charge is 2.26. The number of phosphoric ester groups is 1. The normalized spacial score (nSPS) is 15.5. The predicted octanol–water partition coefficient (Wildman–Crippen LogP) is 2.91. The minimum Gasteiger partial charge on any atom is -0.311 e. The van der Waals surface area contributed by atoms with Gasteiger partial charge in [-0.3, -0.25) is 4.52 Å². The third-order valence-corrected chi connectivity index (χ3v) is 5.43. The van der Waals surface area contributed by atoms with Gasteiger partial charge in [0.1, 0.15) is 6.07 Å². The van der Waals surface area contributed by atoms with Gasteiger partial charge in [-0.1, -0.05) is 24.3 Å². The Balaban J connectivity index is 2.19. The summed E-state index contributed by atoms with van der Waals surface area (Å²) in [6.07, 6.45) is 2.88. The molecule has 1 unspecified atom stereocenters. The summed E-state index contributed by atoms with van der Waals surface area (Å²) in [5.74, 6) is 0.327. The maximum Gasteiger partial charge on any atom is 0.470 e. The van der Waals surface area contributed by atoms with Crippen LogP contribution in [0.15, 0.2) is 48.2 Å². The zero-order chi connectivity index (χ0) is 23.6. The Morgan fingerprint density at radius 3 is 2.78 bits per heavy atom. The van der Waals surface area contributed by atoms with Gasteiger partial charge in [-0.05, 0) is 39.0 Å². The quantitative estimate of drug-likeness (QED) is 0.424. The van der Waals surface area contributed by atoms with E-state index in [0.29, 0.717) is 29.3 Å². The Hall–Kier alpha value is -3.06. The number of hydrogen-bond acceptors (Lipinski definition) is 7. The molecule has 32 heavy (non-hydrogen) atoms. The van der Waals surface area contributed by atoms with Crippen LogP contribution in [0.1, 0.15) is 42.6 Å². The van der Waals surface area contributed by atoms with Gasteiger partial charge in [0.2, 0.25) is 0 Å². The number of aromatic nitrogens is 3. The molecule has 10 nitrogen and oxygen atoms in total. The van der Waals surface area contributed by atoms with Crippen LogP contribution in [0.2, 0.25) is 0 Å². The Labute approximate surface area is 186 Å². The van der Waals surface area contributed by atoms with Gasteiger partial charge in [0.15, 0.2) is 11.5 Å². The maximum atomic E-state index is 11.4. The first kappa shape index (κ1) is 23.6. The van der Waals surface area contributed by atoms with Crippen LogP contribution < -0.4 is 5.43 Å². The standard InChI is InChI=1S/C21H25N6O4P/c1-13(2)6-9-20-18(12-23-26(20)5)19-8-7-17(15(4)31-32(28,29)30)21(24-19)27-14(3)10-16(11-22)25-27/h6-10,15,23H,1,12H2,2-5H3,(H2,28,29,30)/b9-6-. The second kappa shape index (κ2) is 9.20. The van der Waals surface area contributed by atoms with E-state index < -0.39 is 13.9 Å². The van der Waals surface area contributed by atoms with Crippen molar-refractivity contribution in [3.63, 3.8) is 0 Å². The Morgan fingerprint density at radius 1 is 1.47 bits per heavy atom. The van der Waals surface area contributed by atoms with Crippen molar-refractivity contribution in [2.45, 2.75) is 26.9 Å². The topological polar surface area (TPSA) is 137 Å². The third-order valence-electron chi connectivity index (χ3n) is 4.84. The predicted molar refractivity (Wildman–Crippen MR) is 119 cm³/mol. The number of allylic oxidation sites excluding steroid dienone is 3. The smallest absolute Gasteiger partial charge is 0.311 e. The highest BCUT2D eigenvalue weighted by atomic mass is 31.2. The van der Waals surface area contributed by atoms with Crippen molar-refractivity contribution in [1.29, 1.82) is 5.26 Å². The van der Waals surface area contributed by atoms with Crippen molar-refractivity contribution in [1.82, 2.24) is 25.2 Å². The number of pyridine rings is 1. The Morgan fingerprint density at radius 2 is 2.19 bits per heavy atom. The zero-order valence-electron chi connectivity index (χ0n) is 18.3. The highest BCUT2D eigenvalue weighted by Crippen LogP contribution is 2.43. The van der Waals surface area contributed by atoms with Gasteiger partial charge in [-0.25, -0.2) is 19.7 Å². The molecular formula is C21H25N6O4P. The summed E-state index contributed by atoms with van der Waals surface area (Å²) in [7, 11) is -2.84. The largest absolute Gasteiger partial charge is 0.470 e. The molecule has 2 aromatic rings. The number of rotatable bonds is 7. The van der Waals surface area contributed by atoms with E-state index in [1.54, 1.807) is 25.1 Å². The van der Waals surface area contributed by atoms with Gasteiger partial charge >= 0.3 is 7.82 Å². The number of nitrogens with zero attached hydrogens (tertiary/aromatic N) is 5. The van der Waals surface area contributed by atoms with Crippen molar-refractivity contribution in [2.75, 3.05) is 13.6 Å². The molecule has 2 aromatic heterocycles. The minimum atomic E-state index is -4.73. The highest BCUT2D eigenvalue weighted by molar-refractivity contribution is 7.46. The third kappa shape index (κ3) is 5.22. The molecule has 0 spiro atoms. The van der Waals surface area contributed by atoms with Crippen LogP contribution in [-0.2, 0) is 9.09 Å². The molecule has 1 aliphatic rings. The van der Waals surface area contributed by atoms with E-state index in [-0.39, 0.29) is 5.69 Å². The molecule has 0 amide bonds. The van der Waals surface area contributed by atoms with E-state index in [4.69, 9.17) is 9.51 Å². The summed E-state index contributed by atoms with van der Waals surface area (Å²) in [4.78, 5) is 23.3. The van der Waals surface area contributed by atoms with Gasteiger partial charge in [0, 0.05) is 30.4 Å². The number of aryl methyl sites for hydroxylation is 1. The van der Waals surface area contributed by atoms with Gasteiger partial charge in [0.25, 0.3) is 0 Å². The van der Waals surface area contributed by atoms with Gasteiger partial charge in [0.05, 0.1) is 17.5 Å². The average Bonchev–Trinajstić information content (AvgIpc) is 3.26. The fourth-order valence-corrected chi connectivity index (χ4v) is 3.88. The summed E-state index contributed by atoms with van der Waals surface area (Å²) in [6.45, 7) is 9.62. The summed E-state index contributed by atoms with van der Waals surface area (Å²) in [6, 6.07) is 7.08. The lowest BCUT2D eigenvalue weighted by Crippen LogP contribution is -2.26. The first-order valence-electron chi connectivity index (χ1n) is 9.76. The number of hydrazine groups is 1. The van der Waals surface area contributed by atoms with Crippen LogP contribution in [0, 0.1) is 18.3 Å². The second-order valence-electron chi connectivity index (χ2n) is 7.48. The summed E-state index contributed by atoms with van der Waals surface area (Å²) < 4.78 is 17.8. The van der Waals surface area contributed by atoms with Crippen LogP contribution in [0.4, 0.5) is 0 Å². The van der Waals surface area contributed by atoms with Crippen LogP contribution in [-0.4, -0.2) is 43.2 Å². The number of phosphoric acid groups is 1. The maximum absolute atomic E-state index is 11.4.